The number of anilines is 1. The van der Waals surface area contributed by atoms with Crippen molar-refractivity contribution in [2.45, 2.75) is 59.5 Å². The van der Waals surface area contributed by atoms with Crippen LogP contribution in [0.5, 0.6) is 0 Å². The Hall–Kier alpha value is -1.87. The van der Waals surface area contributed by atoms with Gasteiger partial charge in [0.1, 0.15) is 5.82 Å². The van der Waals surface area contributed by atoms with Crippen molar-refractivity contribution in [2.75, 3.05) is 18.0 Å². The molecule has 2 heterocycles. The van der Waals surface area contributed by atoms with E-state index in [4.69, 9.17) is 4.98 Å². The maximum Gasteiger partial charge on any atom is 0.128 e. The Labute approximate surface area is 152 Å². The molecule has 3 rings (SSSR count). The molecule has 0 radical (unpaired) electrons. The van der Waals surface area contributed by atoms with Crippen LogP contribution in [0.3, 0.4) is 0 Å². The summed E-state index contributed by atoms with van der Waals surface area (Å²) in [6.45, 7) is 10.6. The largest absolute Gasteiger partial charge is 0.357 e. The van der Waals surface area contributed by atoms with Gasteiger partial charge in [-0.3, -0.25) is 0 Å². The second-order valence-electron chi connectivity index (χ2n) is 7.41. The van der Waals surface area contributed by atoms with Crippen LogP contribution in [0.1, 0.15) is 53.5 Å². The molecule has 2 aromatic rings. The molecule has 25 heavy (non-hydrogen) atoms. The molecular formula is C22H31N3. The maximum atomic E-state index is 4.70. The van der Waals surface area contributed by atoms with E-state index >= 15 is 0 Å². The molecule has 0 spiro atoms. The molecule has 0 amide bonds. The summed E-state index contributed by atoms with van der Waals surface area (Å²) < 4.78 is 0. The topological polar surface area (TPSA) is 28.2 Å². The number of aromatic nitrogens is 1. The van der Waals surface area contributed by atoms with Crippen molar-refractivity contribution in [3.8, 4) is 0 Å². The average Bonchev–Trinajstić information content (AvgIpc) is 2.87. The van der Waals surface area contributed by atoms with Gasteiger partial charge in [0.15, 0.2) is 0 Å². The second kappa shape index (κ2) is 8.48. The monoisotopic (exact) mass is 337 g/mol. The number of aryl methyl sites for hydroxylation is 3. The molecule has 1 fully saturated rings. The van der Waals surface area contributed by atoms with Gasteiger partial charge in [0.05, 0.1) is 0 Å². The van der Waals surface area contributed by atoms with Crippen molar-refractivity contribution < 1.29 is 0 Å². The zero-order valence-corrected chi connectivity index (χ0v) is 15.9. The van der Waals surface area contributed by atoms with Crippen LogP contribution in [0.4, 0.5) is 5.82 Å². The van der Waals surface area contributed by atoms with Gasteiger partial charge in [-0.15, -0.1) is 0 Å². The average molecular weight is 338 g/mol. The molecule has 3 heteroatoms. The van der Waals surface area contributed by atoms with Gasteiger partial charge in [-0.25, -0.2) is 4.98 Å². The first-order valence-electron chi connectivity index (χ1n) is 9.61. The molecule has 0 unspecified atom stereocenters. The summed E-state index contributed by atoms with van der Waals surface area (Å²) in [6, 6.07) is 8.93. The van der Waals surface area contributed by atoms with E-state index in [2.05, 4.69) is 55.3 Å². The first kappa shape index (κ1) is 17.9. The minimum atomic E-state index is 0.861. The highest BCUT2D eigenvalue weighted by Crippen LogP contribution is 2.18. The zero-order valence-electron chi connectivity index (χ0n) is 15.9. The highest BCUT2D eigenvalue weighted by Gasteiger charge is 2.10. The molecule has 0 saturated carbocycles. The van der Waals surface area contributed by atoms with Crippen molar-refractivity contribution in [1.82, 2.24) is 10.3 Å². The van der Waals surface area contributed by atoms with E-state index in [1.807, 2.05) is 6.20 Å². The van der Waals surface area contributed by atoms with Gasteiger partial charge in [0.25, 0.3) is 0 Å². The molecule has 0 bridgehead atoms. The lowest BCUT2D eigenvalue weighted by Gasteiger charge is -2.21. The minimum Gasteiger partial charge on any atom is -0.357 e. The van der Waals surface area contributed by atoms with Crippen LogP contribution < -0.4 is 10.2 Å². The minimum absolute atomic E-state index is 0.861. The van der Waals surface area contributed by atoms with Crippen molar-refractivity contribution in [3.05, 3.63) is 58.3 Å². The molecule has 3 nitrogen and oxygen atoms in total. The summed E-state index contributed by atoms with van der Waals surface area (Å²) in [5, 5.41) is 3.57. The van der Waals surface area contributed by atoms with Gasteiger partial charge < -0.3 is 10.2 Å². The fourth-order valence-electron chi connectivity index (χ4n) is 3.83. The third kappa shape index (κ3) is 4.82. The number of nitrogens with zero attached hydrogens (tertiary/aromatic N) is 2. The van der Waals surface area contributed by atoms with Crippen LogP contribution in [-0.4, -0.2) is 18.1 Å². The van der Waals surface area contributed by atoms with E-state index in [0.717, 1.165) is 32.0 Å². The van der Waals surface area contributed by atoms with E-state index < -0.39 is 0 Å². The fraction of sp³-hybridized carbons (Fsp3) is 0.500. The Balaban J connectivity index is 1.55. The lowest BCUT2D eigenvalue weighted by atomic mass is 10.00. The first-order chi connectivity index (χ1) is 12.1. The van der Waals surface area contributed by atoms with Crippen molar-refractivity contribution in [2.24, 2.45) is 0 Å². The SMILES string of the molecule is Cc1cc(C)c(CNCc2ccc(N3CCCCCC3)nc2)c(C)c1. The van der Waals surface area contributed by atoms with Gasteiger partial charge in [-0.05, 0) is 61.9 Å². The normalized spacial score (nSPS) is 15.2. The Bertz CT molecular complexity index is 660. The van der Waals surface area contributed by atoms with Crippen molar-refractivity contribution in [1.29, 1.82) is 0 Å². The van der Waals surface area contributed by atoms with Crippen molar-refractivity contribution in [3.63, 3.8) is 0 Å². The summed E-state index contributed by atoms with van der Waals surface area (Å²) in [5.74, 6) is 1.14. The smallest absolute Gasteiger partial charge is 0.128 e. The Morgan fingerprint density at radius 2 is 1.60 bits per heavy atom. The molecule has 1 aliphatic rings. The van der Waals surface area contributed by atoms with Gasteiger partial charge >= 0.3 is 0 Å². The predicted octanol–water partition coefficient (Wildman–Crippen LogP) is 4.68. The lowest BCUT2D eigenvalue weighted by molar-refractivity contribution is 0.685. The van der Waals surface area contributed by atoms with E-state index in [9.17, 15) is 0 Å². The summed E-state index contributed by atoms with van der Waals surface area (Å²) in [4.78, 5) is 7.14. The standard InChI is InChI=1S/C22H31N3/c1-17-12-18(2)21(19(3)13-17)16-23-14-20-8-9-22(24-15-20)25-10-6-4-5-7-11-25/h8-9,12-13,15,23H,4-7,10-11,14,16H2,1-3H3. The zero-order chi connectivity index (χ0) is 17.6. The predicted molar refractivity (Wildman–Crippen MR) is 106 cm³/mol. The third-order valence-corrected chi connectivity index (χ3v) is 5.21. The number of rotatable bonds is 5. The van der Waals surface area contributed by atoms with E-state index in [1.54, 1.807) is 0 Å². The highest BCUT2D eigenvalue weighted by molar-refractivity contribution is 5.40. The number of nitrogens with one attached hydrogen (secondary N) is 1. The van der Waals surface area contributed by atoms with E-state index in [-0.39, 0.29) is 0 Å². The van der Waals surface area contributed by atoms with E-state index in [1.165, 1.54) is 53.5 Å². The van der Waals surface area contributed by atoms with Crippen LogP contribution in [0.25, 0.3) is 0 Å². The number of hydrogen-bond donors (Lipinski definition) is 1. The number of benzene rings is 1. The Kier molecular flexibility index (Phi) is 6.09. The second-order valence-corrected chi connectivity index (χ2v) is 7.41. The van der Waals surface area contributed by atoms with Gasteiger partial charge in [-0.2, -0.15) is 0 Å². The molecule has 1 N–H and O–H groups in total. The van der Waals surface area contributed by atoms with Crippen LogP contribution in [0, 0.1) is 20.8 Å². The summed E-state index contributed by atoms with van der Waals surface area (Å²) in [7, 11) is 0. The molecule has 1 aromatic heterocycles. The van der Waals surface area contributed by atoms with Gasteiger partial charge in [-0.1, -0.05) is 36.6 Å². The Morgan fingerprint density at radius 1 is 0.920 bits per heavy atom. The van der Waals surface area contributed by atoms with Crippen LogP contribution >= 0.6 is 0 Å². The maximum absolute atomic E-state index is 4.70. The summed E-state index contributed by atoms with van der Waals surface area (Å²) in [5.41, 5.74) is 6.76. The molecule has 1 aromatic carbocycles. The summed E-state index contributed by atoms with van der Waals surface area (Å²) in [6.07, 6.45) is 7.33. The molecular weight excluding hydrogens is 306 g/mol. The fourth-order valence-corrected chi connectivity index (χ4v) is 3.83. The van der Waals surface area contributed by atoms with Crippen LogP contribution in [0.2, 0.25) is 0 Å². The Morgan fingerprint density at radius 3 is 2.20 bits per heavy atom. The van der Waals surface area contributed by atoms with Crippen molar-refractivity contribution >= 4 is 5.82 Å². The van der Waals surface area contributed by atoms with Crippen LogP contribution in [-0.2, 0) is 13.1 Å². The third-order valence-electron chi connectivity index (χ3n) is 5.21. The van der Waals surface area contributed by atoms with Crippen LogP contribution in [0.15, 0.2) is 30.5 Å². The quantitative estimate of drug-likeness (QED) is 0.859. The van der Waals surface area contributed by atoms with E-state index in [0.29, 0.717) is 0 Å². The molecule has 0 atom stereocenters. The summed E-state index contributed by atoms with van der Waals surface area (Å²) >= 11 is 0. The van der Waals surface area contributed by atoms with Gasteiger partial charge in [0.2, 0.25) is 0 Å². The lowest BCUT2D eigenvalue weighted by Crippen LogP contribution is -2.24. The number of hydrogen-bond acceptors (Lipinski definition) is 3. The van der Waals surface area contributed by atoms with Gasteiger partial charge in [0, 0.05) is 32.4 Å². The number of pyridine rings is 1. The highest BCUT2D eigenvalue weighted by atomic mass is 15.2. The molecule has 0 aliphatic carbocycles. The molecule has 134 valence electrons. The first-order valence-corrected chi connectivity index (χ1v) is 9.61. The molecule has 1 aliphatic heterocycles. The molecule has 1 saturated heterocycles.